The maximum atomic E-state index is 13.7. The molecule has 1 N–H and O–H groups in total. The standard InChI is InChI=1S/C28H37N3O6S2/c1-21(20-38(2,34)35)29-27(32)23-15-17-30(18-16-23)28(33)24-13-14-26(22-9-5-3-6-10-22)31(19-24)39(36,37)25-11-7-4-8-12-25/h3-12,21,23-24,26H,13-20H2,1-2H3,(H,29,32). The molecule has 3 atom stereocenters. The summed E-state index contributed by atoms with van der Waals surface area (Å²) >= 11 is 0. The van der Waals surface area contributed by atoms with E-state index in [9.17, 15) is 26.4 Å². The molecule has 9 nitrogen and oxygen atoms in total. The highest BCUT2D eigenvalue weighted by Crippen LogP contribution is 2.38. The molecule has 2 heterocycles. The van der Waals surface area contributed by atoms with Crippen molar-refractivity contribution in [2.45, 2.75) is 49.6 Å². The highest BCUT2D eigenvalue weighted by Gasteiger charge is 2.41. The topological polar surface area (TPSA) is 121 Å². The fourth-order valence-corrected chi connectivity index (χ4v) is 8.32. The number of hydrogen-bond acceptors (Lipinski definition) is 6. The number of carbonyl (C=O) groups is 2. The Morgan fingerprint density at radius 1 is 0.872 bits per heavy atom. The Balaban J connectivity index is 1.43. The smallest absolute Gasteiger partial charge is 0.243 e. The van der Waals surface area contributed by atoms with E-state index in [2.05, 4.69) is 5.32 Å². The molecule has 39 heavy (non-hydrogen) atoms. The van der Waals surface area contributed by atoms with Crippen LogP contribution in [0.3, 0.4) is 0 Å². The van der Waals surface area contributed by atoms with E-state index in [4.69, 9.17) is 0 Å². The van der Waals surface area contributed by atoms with Crippen LogP contribution in [0.5, 0.6) is 0 Å². The summed E-state index contributed by atoms with van der Waals surface area (Å²) in [6, 6.07) is 17.0. The number of carbonyl (C=O) groups excluding carboxylic acids is 2. The van der Waals surface area contributed by atoms with E-state index >= 15 is 0 Å². The lowest BCUT2D eigenvalue weighted by atomic mass is 9.88. The first kappa shape index (κ1) is 29.2. The Morgan fingerprint density at radius 2 is 1.46 bits per heavy atom. The van der Waals surface area contributed by atoms with Crippen LogP contribution in [0, 0.1) is 11.8 Å². The van der Waals surface area contributed by atoms with Crippen molar-refractivity contribution in [1.82, 2.24) is 14.5 Å². The average molecular weight is 576 g/mol. The first-order valence-corrected chi connectivity index (χ1v) is 16.8. The van der Waals surface area contributed by atoms with Crippen LogP contribution in [0.15, 0.2) is 65.6 Å². The predicted octanol–water partition coefficient (Wildman–Crippen LogP) is 2.62. The maximum Gasteiger partial charge on any atom is 0.243 e. The van der Waals surface area contributed by atoms with E-state index < -0.39 is 31.8 Å². The Morgan fingerprint density at radius 3 is 2.05 bits per heavy atom. The number of amides is 2. The van der Waals surface area contributed by atoms with E-state index in [1.54, 1.807) is 42.2 Å². The second-order valence-corrected chi connectivity index (χ2v) is 14.8. The molecule has 0 aliphatic carbocycles. The number of likely N-dealkylation sites (tertiary alicyclic amines) is 1. The van der Waals surface area contributed by atoms with Crippen molar-refractivity contribution in [3.63, 3.8) is 0 Å². The summed E-state index contributed by atoms with van der Waals surface area (Å²) in [7, 11) is -7.04. The SMILES string of the molecule is CC(CS(C)(=O)=O)NC(=O)C1CCN(C(=O)C2CCC(c3ccccc3)N(S(=O)(=O)c3ccccc3)C2)CC1. The molecule has 2 aliphatic heterocycles. The van der Waals surface area contributed by atoms with Gasteiger partial charge < -0.3 is 10.2 Å². The number of nitrogens with zero attached hydrogens (tertiary/aromatic N) is 2. The fraction of sp³-hybridized carbons (Fsp3) is 0.500. The van der Waals surface area contributed by atoms with Gasteiger partial charge in [-0.3, -0.25) is 9.59 Å². The van der Waals surface area contributed by atoms with E-state index in [-0.39, 0.29) is 41.0 Å². The fourth-order valence-electron chi connectivity index (χ4n) is 5.62. The van der Waals surface area contributed by atoms with Crippen molar-refractivity contribution in [1.29, 1.82) is 0 Å². The molecule has 4 rings (SSSR count). The molecule has 3 unspecified atom stereocenters. The average Bonchev–Trinajstić information content (AvgIpc) is 2.92. The minimum absolute atomic E-state index is 0.0842. The Kier molecular flexibility index (Phi) is 9.13. The van der Waals surface area contributed by atoms with E-state index in [0.29, 0.717) is 38.8 Å². The van der Waals surface area contributed by atoms with Crippen LogP contribution in [0.2, 0.25) is 0 Å². The highest BCUT2D eigenvalue weighted by atomic mass is 32.2. The van der Waals surface area contributed by atoms with Gasteiger partial charge in [-0.2, -0.15) is 4.31 Å². The third kappa shape index (κ3) is 7.26. The number of sulfonamides is 1. The van der Waals surface area contributed by atoms with Gasteiger partial charge in [-0.15, -0.1) is 0 Å². The van der Waals surface area contributed by atoms with Gasteiger partial charge in [0.05, 0.1) is 22.6 Å². The Labute approximate surface area is 231 Å². The van der Waals surface area contributed by atoms with Crippen molar-refractivity contribution < 1.29 is 26.4 Å². The molecule has 2 fully saturated rings. The van der Waals surface area contributed by atoms with Gasteiger partial charge in [0, 0.05) is 37.8 Å². The molecule has 0 radical (unpaired) electrons. The lowest BCUT2D eigenvalue weighted by molar-refractivity contribution is -0.140. The number of hydrogen-bond donors (Lipinski definition) is 1. The molecule has 2 aliphatic rings. The van der Waals surface area contributed by atoms with Gasteiger partial charge >= 0.3 is 0 Å². The largest absolute Gasteiger partial charge is 0.352 e. The van der Waals surface area contributed by atoms with Crippen molar-refractivity contribution in [3.05, 3.63) is 66.2 Å². The number of piperidine rings is 2. The molecule has 0 spiro atoms. The predicted molar refractivity (Wildman–Crippen MR) is 149 cm³/mol. The minimum atomic E-state index is -3.83. The molecule has 2 aromatic rings. The lowest BCUT2D eigenvalue weighted by Crippen LogP contribution is -2.50. The van der Waals surface area contributed by atoms with Gasteiger partial charge in [0.2, 0.25) is 21.8 Å². The maximum absolute atomic E-state index is 13.7. The Hall–Kier alpha value is -2.76. The van der Waals surface area contributed by atoms with Crippen LogP contribution in [0.25, 0.3) is 0 Å². The summed E-state index contributed by atoms with van der Waals surface area (Å²) in [4.78, 5) is 28.1. The molecule has 2 amide bonds. The third-order valence-corrected chi connectivity index (χ3v) is 10.5. The second kappa shape index (κ2) is 12.2. The van der Waals surface area contributed by atoms with Gasteiger partial charge in [0.25, 0.3) is 0 Å². The van der Waals surface area contributed by atoms with Crippen LogP contribution in [0.1, 0.15) is 44.2 Å². The molecule has 0 bridgehead atoms. The third-order valence-electron chi connectivity index (χ3n) is 7.54. The zero-order valence-electron chi connectivity index (χ0n) is 22.4. The van der Waals surface area contributed by atoms with Crippen molar-refractivity contribution in [3.8, 4) is 0 Å². The Bertz CT molecular complexity index is 1360. The summed E-state index contributed by atoms with van der Waals surface area (Å²) in [5.74, 6) is -1.16. The van der Waals surface area contributed by atoms with E-state index in [1.165, 1.54) is 4.31 Å². The van der Waals surface area contributed by atoms with Gasteiger partial charge in [-0.25, -0.2) is 16.8 Å². The van der Waals surface area contributed by atoms with Gasteiger partial charge in [0.1, 0.15) is 9.84 Å². The van der Waals surface area contributed by atoms with E-state index in [1.807, 2.05) is 30.3 Å². The van der Waals surface area contributed by atoms with Crippen LogP contribution >= 0.6 is 0 Å². The number of sulfone groups is 1. The zero-order valence-corrected chi connectivity index (χ0v) is 24.0. The minimum Gasteiger partial charge on any atom is -0.352 e. The molecule has 212 valence electrons. The monoisotopic (exact) mass is 575 g/mol. The zero-order chi connectivity index (χ0) is 28.2. The molecular weight excluding hydrogens is 538 g/mol. The first-order valence-electron chi connectivity index (χ1n) is 13.3. The summed E-state index contributed by atoms with van der Waals surface area (Å²) in [6.07, 6.45) is 3.20. The molecule has 11 heteroatoms. The van der Waals surface area contributed by atoms with Gasteiger partial charge in [-0.05, 0) is 50.3 Å². The van der Waals surface area contributed by atoms with Crippen LogP contribution in [-0.2, 0) is 29.4 Å². The molecule has 2 aromatic carbocycles. The van der Waals surface area contributed by atoms with Crippen molar-refractivity contribution in [2.24, 2.45) is 11.8 Å². The van der Waals surface area contributed by atoms with E-state index in [0.717, 1.165) is 11.8 Å². The molecular formula is C28H37N3O6S2. The summed E-state index contributed by atoms with van der Waals surface area (Å²) in [5, 5.41) is 2.78. The van der Waals surface area contributed by atoms with Crippen molar-refractivity contribution in [2.75, 3.05) is 31.6 Å². The molecule has 2 saturated heterocycles. The molecule has 0 aromatic heterocycles. The van der Waals surface area contributed by atoms with Gasteiger partial charge in [0.15, 0.2) is 0 Å². The van der Waals surface area contributed by atoms with Gasteiger partial charge in [-0.1, -0.05) is 48.5 Å². The number of benzene rings is 2. The number of rotatable bonds is 8. The normalized spacial score (nSPS) is 22.3. The highest BCUT2D eigenvalue weighted by molar-refractivity contribution is 7.90. The van der Waals surface area contributed by atoms with Crippen LogP contribution in [0.4, 0.5) is 0 Å². The second-order valence-electron chi connectivity index (χ2n) is 10.7. The van der Waals surface area contributed by atoms with Crippen LogP contribution < -0.4 is 5.32 Å². The van der Waals surface area contributed by atoms with Crippen LogP contribution in [-0.4, -0.2) is 75.5 Å². The summed E-state index contributed by atoms with van der Waals surface area (Å²) < 4.78 is 51.9. The number of nitrogens with one attached hydrogen (secondary N) is 1. The summed E-state index contributed by atoms with van der Waals surface area (Å²) in [6.45, 7) is 2.57. The summed E-state index contributed by atoms with van der Waals surface area (Å²) in [5.41, 5.74) is 0.903. The quantitative estimate of drug-likeness (QED) is 0.517. The molecule has 0 saturated carbocycles. The van der Waals surface area contributed by atoms with Crippen molar-refractivity contribution >= 4 is 31.7 Å². The first-order chi connectivity index (χ1) is 18.5. The lowest BCUT2D eigenvalue weighted by Gasteiger charge is -2.41.